The molecule has 0 bridgehead atoms. The molecule has 5 rings (SSSR count). The van der Waals surface area contributed by atoms with Crippen LogP contribution in [0.15, 0.2) is 64.3 Å². The number of ketones is 1. The van der Waals surface area contributed by atoms with Gasteiger partial charge in [-0.2, -0.15) is 5.26 Å². The number of ether oxygens (including phenoxy) is 1. The summed E-state index contributed by atoms with van der Waals surface area (Å²) in [5.41, 5.74) is 1.24. The quantitative estimate of drug-likeness (QED) is 0.161. The van der Waals surface area contributed by atoms with Gasteiger partial charge in [0.05, 0.1) is 19.2 Å². The number of amides is 2. The number of rotatable bonds is 9. The van der Waals surface area contributed by atoms with E-state index in [0.717, 1.165) is 30.4 Å². The Morgan fingerprint density at radius 2 is 1.77 bits per heavy atom. The predicted octanol–water partition coefficient (Wildman–Crippen LogP) is 4.15. The van der Waals surface area contributed by atoms with Crippen molar-refractivity contribution in [1.82, 2.24) is 15.1 Å². The van der Waals surface area contributed by atoms with Crippen LogP contribution in [0.25, 0.3) is 11.0 Å². The number of fused-ring (bicyclic) bond motifs is 1. The minimum absolute atomic E-state index is 0.00957. The van der Waals surface area contributed by atoms with Crippen LogP contribution in [0.1, 0.15) is 58.6 Å². The SMILES string of the molecule is COC(=O)c1cccc(C(=O)/C(C#N)=C(/Nc2ccc3oc(C)cc3c2)N[C@H]2CCCCN(CC(=O)N3CCCC3)C2=O)c1. The minimum Gasteiger partial charge on any atom is -0.465 e. The number of furan rings is 1. The number of esters is 1. The van der Waals surface area contributed by atoms with E-state index in [-0.39, 0.29) is 40.9 Å². The van der Waals surface area contributed by atoms with Gasteiger partial charge in [-0.25, -0.2) is 4.79 Å². The first-order chi connectivity index (χ1) is 21.3. The van der Waals surface area contributed by atoms with Gasteiger partial charge in [-0.3, -0.25) is 14.4 Å². The molecule has 228 valence electrons. The maximum Gasteiger partial charge on any atom is 0.337 e. The molecule has 0 spiro atoms. The highest BCUT2D eigenvalue weighted by atomic mass is 16.5. The number of allylic oxidation sites excluding steroid dienone is 1. The molecule has 1 aromatic heterocycles. The largest absolute Gasteiger partial charge is 0.465 e. The third kappa shape index (κ3) is 6.75. The summed E-state index contributed by atoms with van der Waals surface area (Å²) in [6.07, 6.45) is 3.80. The number of hydrogen-bond donors (Lipinski definition) is 2. The second kappa shape index (κ2) is 13.5. The molecule has 2 aromatic carbocycles. The first-order valence-electron chi connectivity index (χ1n) is 14.7. The number of carbonyl (C=O) groups excluding carboxylic acids is 4. The lowest BCUT2D eigenvalue weighted by Crippen LogP contribution is -2.49. The van der Waals surface area contributed by atoms with Crippen LogP contribution in [0.4, 0.5) is 5.69 Å². The number of nitrogens with one attached hydrogen (secondary N) is 2. The third-order valence-corrected chi connectivity index (χ3v) is 7.93. The fraction of sp³-hybridized carbons (Fsp3) is 0.364. The molecule has 2 N–H and O–H groups in total. The molecule has 0 saturated carbocycles. The Morgan fingerprint density at radius 1 is 1.02 bits per heavy atom. The number of benzene rings is 2. The maximum atomic E-state index is 13.8. The van der Waals surface area contributed by atoms with Gasteiger partial charge in [0.2, 0.25) is 17.6 Å². The van der Waals surface area contributed by atoms with Gasteiger partial charge in [-0.15, -0.1) is 0 Å². The second-order valence-electron chi connectivity index (χ2n) is 11.0. The molecule has 44 heavy (non-hydrogen) atoms. The average molecular weight is 598 g/mol. The summed E-state index contributed by atoms with van der Waals surface area (Å²) in [7, 11) is 1.24. The Labute approximate surface area is 255 Å². The first-order valence-corrected chi connectivity index (χ1v) is 14.7. The highest BCUT2D eigenvalue weighted by Crippen LogP contribution is 2.25. The van der Waals surface area contributed by atoms with Gasteiger partial charge in [-0.05, 0) is 75.4 Å². The monoisotopic (exact) mass is 597 g/mol. The van der Waals surface area contributed by atoms with Crippen LogP contribution < -0.4 is 10.6 Å². The molecule has 2 aliphatic rings. The highest BCUT2D eigenvalue weighted by Gasteiger charge is 2.32. The van der Waals surface area contributed by atoms with E-state index >= 15 is 0 Å². The minimum atomic E-state index is -0.788. The van der Waals surface area contributed by atoms with Crippen molar-refractivity contribution >= 4 is 40.2 Å². The van der Waals surface area contributed by atoms with Crippen LogP contribution in [0.2, 0.25) is 0 Å². The molecule has 2 saturated heterocycles. The smallest absolute Gasteiger partial charge is 0.337 e. The highest BCUT2D eigenvalue weighted by molar-refractivity contribution is 6.13. The number of carbonyl (C=O) groups is 4. The van der Waals surface area contributed by atoms with Gasteiger partial charge in [0.25, 0.3) is 0 Å². The molecule has 0 aliphatic carbocycles. The summed E-state index contributed by atoms with van der Waals surface area (Å²) < 4.78 is 10.5. The Balaban J connectivity index is 1.49. The van der Waals surface area contributed by atoms with Crippen molar-refractivity contribution in [2.24, 2.45) is 0 Å². The van der Waals surface area contributed by atoms with E-state index in [0.29, 0.717) is 43.7 Å². The van der Waals surface area contributed by atoms with Crippen LogP contribution in [-0.2, 0) is 14.3 Å². The summed E-state index contributed by atoms with van der Waals surface area (Å²) >= 11 is 0. The van der Waals surface area contributed by atoms with E-state index < -0.39 is 17.8 Å². The first kappa shape index (κ1) is 30.4. The van der Waals surface area contributed by atoms with Crippen LogP contribution in [0.5, 0.6) is 0 Å². The number of nitrogens with zero attached hydrogens (tertiary/aromatic N) is 3. The van der Waals surface area contributed by atoms with E-state index in [1.807, 2.05) is 25.1 Å². The zero-order chi connectivity index (χ0) is 31.2. The molecule has 11 nitrogen and oxygen atoms in total. The lowest BCUT2D eigenvalue weighted by molar-refractivity contribution is -0.140. The van der Waals surface area contributed by atoms with Crippen LogP contribution in [0.3, 0.4) is 0 Å². The van der Waals surface area contributed by atoms with Gasteiger partial charge in [0.15, 0.2) is 0 Å². The standard InChI is InChI=1S/C33H35N5O6/c1-21-16-24-18-25(11-12-28(24)44-21)35-31(26(19-34)30(40)22-8-7-9-23(17-22)33(42)43-2)36-27-10-3-4-15-38(32(27)41)20-29(39)37-13-5-6-14-37/h7-9,11-12,16-18,27,35-36H,3-6,10,13-15,20H2,1-2H3/b31-26-/t27-/m0/s1. The number of Topliss-reactive ketones (excluding diaryl/α,β-unsaturated/α-hetero) is 1. The molecule has 0 radical (unpaired) electrons. The Kier molecular flexibility index (Phi) is 9.29. The van der Waals surface area contributed by atoms with Gasteiger partial charge >= 0.3 is 5.97 Å². The fourth-order valence-corrected chi connectivity index (χ4v) is 5.64. The van der Waals surface area contributed by atoms with Crippen molar-refractivity contribution in [3.05, 3.63) is 76.8 Å². The average Bonchev–Trinajstić information content (AvgIpc) is 3.67. The normalized spacial score (nSPS) is 17.5. The third-order valence-electron chi connectivity index (χ3n) is 7.93. The molecule has 3 aromatic rings. The lowest BCUT2D eigenvalue weighted by Gasteiger charge is -2.28. The summed E-state index contributed by atoms with van der Waals surface area (Å²) in [6, 6.07) is 14.4. The molecule has 11 heteroatoms. The number of methoxy groups -OCH3 is 1. The number of aryl methyl sites for hydroxylation is 1. The fourth-order valence-electron chi connectivity index (χ4n) is 5.64. The van der Waals surface area contributed by atoms with E-state index in [9.17, 15) is 24.4 Å². The van der Waals surface area contributed by atoms with E-state index in [1.54, 1.807) is 21.9 Å². The topological polar surface area (TPSA) is 145 Å². The lowest BCUT2D eigenvalue weighted by atomic mass is 10.0. The summed E-state index contributed by atoms with van der Waals surface area (Å²) in [4.78, 5) is 55.9. The molecular weight excluding hydrogens is 562 g/mol. The number of anilines is 1. The number of hydrogen-bond acceptors (Lipinski definition) is 9. The van der Waals surface area contributed by atoms with Crippen molar-refractivity contribution in [1.29, 1.82) is 5.26 Å². The Bertz CT molecular complexity index is 1660. The summed E-state index contributed by atoms with van der Waals surface area (Å²) in [5.74, 6) is -0.825. The molecule has 2 aliphatic heterocycles. The van der Waals surface area contributed by atoms with Gasteiger partial charge in [0.1, 0.15) is 34.8 Å². The van der Waals surface area contributed by atoms with Gasteiger partial charge in [-0.1, -0.05) is 12.1 Å². The molecule has 3 heterocycles. The molecule has 2 fully saturated rings. The number of nitriles is 1. The Morgan fingerprint density at radius 3 is 2.52 bits per heavy atom. The summed E-state index contributed by atoms with van der Waals surface area (Å²) in [5, 5.41) is 17.4. The van der Waals surface area contributed by atoms with Crippen LogP contribution in [-0.4, -0.2) is 72.7 Å². The zero-order valence-corrected chi connectivity index (χ0v) is 24.9. The molecule has 2 amide bonds. The van der Waals surface area contributed by atoms with Crippen molar-refractivity contribution in [3.63, 3.8) is 0 Å². The molecule has 0 unspecified atom stereocenters. The Hall–Kier alpha value is -5.11. The van der Waals surface area contributed by atoms with Gasteiger partial charge < -0.3 is 29.6 Å². The predicted molar refractivity (Wildman–Crippen MR) is 162 cm³/mol. The van der Waals surface area contributed by atoms with Crippen molar-refractivity contribution < 1.29 is 28.3 Å². The zero-order valence-electron chi connectivity index (χ0n) is 24.9. The number of likely N-dealkylation sites (tertiary alicyclic amines) is 2. The van der Waals surface area contributed by atoms with E-state index in [2.05, 4.69) is 10.6 Å². The van der Waals surface area contributed by atoms with Gasteiger partial charge in [0, 0.05) is 36.3 Å². The van der Waals surface area contributed by atoms with Crippen LogP contribution >= 0.6 is 0 Å². The maximum absolute atomic E-state index is 13.8. The van der Waals surface area contributed by atoms with E-state index in [4.69, 9.17) is 9.15 Å². The van der Waals surface area contributed by atoms with Crippen molar-refractivity contribution in [3.8, 4) is 6.07 Å². The summed E-state index contributed by atoms with van der Waals surface area (Å²) in [6.45, 7) is 3.68. The van der Waals surface area contributed by atoms with Crippen molar-refractivity contribution in [2.75, 3.05) is 38.6 Å². The second-order valence-corrected chi connectivity index (χ2v) is 11.0. The molecule has 1 atom stereocenters. The molecular formula is C33H35N5O6. The van der Waals surface area contributed by atoms with Crippen LogP contribution in [0, 0.1) is 18.3 Å². The van der Waals surface area contributed by atoms with E-state index in [1.165, 1.54) is 31.4 Å². The van der Waals surface area contributed by atoms with Crippen molar-refractivity contribution in [2.45, 2.75) is 45.1 Å².